The van der Waals surface area contributed by atoms with Gasteiger partial charge in [0.05, 0.1) is 38.5 Å². The summed E-state index contributed by atoms with van der Waals surface area (Å²) in [7, 11) is -0.952. The molecular formula is C39H35F6N7O4S. The fourth-order valence-electron chi connectivity index (χ4n) is 5.75. The molecule has 0 unspecified atom stereocenters. The van der Waals surface area contributed by atoms with Crippen LogP contribution < -0.4 is 15.5 Å². The number of rotatable bonds is 8. The molecule has 0 saturated carbocycles. The summed E-state index contributed by atoms with van der Waals surface area (Å²) in [6, 6.07) is 17.1. The zero-order valence-electron chi connectivity index (χ0n) is 31.0. The van der Waals surface area contributed by atoms with Crippen molar-refractivity contribution in [3.8, 4) is 0 Å². The van der Waals surface area contributed by atoms with E-state index in [1.807, 2.05) is 0 Å². The lowest BCUT2D eigenvalue weighted by atomic mass is 10.1. The van der Waals surface area contributed by atoms with Crippen LogP contribution in [0.15, 0.2) is 90.1 Å². The van der Waals surface area contributed by atoms with E-state index in [-0.39, 0.29) is 29.9 Å². The Kier molecular flexibility index (Phi) is 12.2. The minimum absolute atomic E-state index is 0.0276. The molecule has 0 atom stereocenters. The Labute approximate surface area is 323 Å². The fourth-order valence-corrected chi connectivity index (χ4v) is 6.64. The largest absolute Gasteiger partial charge is 0.418 e. The minimum atomic E-state index is -4.84. The van der Waals surface area contributed by atoms with Gasteiger partial charge in [-0.15, -0.1) is 0 Å². The summed E-state index contributed by atoms with van der Waals surface area (Å²) < 4.78 is 103. The van der Waals surface area contributed by atoms with Crippen LogP contribution in [0, 0.1) is 13.8 Å². The molecule has 0 saturated heterocycles. The average molecular weight is 812 g/mol. The van der Waals surface area contributed by atoms with Crippen molar-refractivity contribution in [3.05, 3.63) is 130 Å². The molecule has 2 amide bonds. The maximum absolute atomic E-state index is 13.3. The molecule has 298 valence electrons. The van der Waals surface area contributed by atoms with Gasteiger partial charge in [0.1, 0.15) is 0 Å². The summed E-state index contributed by atoms with van der Waals surface area (Å²) in [6.45, 7) is 3.08. The predicted octanol–water partition coefficient (Wildman–Crippen LogP) is 7.24. The van der Waals surface area contributed by atoms with Crippen molar-refractivity contribution in [1.82, 2.24) is 30.6 Å². The summed E-state index contributed by atoms with van der Waals surface area (Å²) in [6.07, 6.45) is -5.42. The van der Waals surface area contributed by atoms with Crippen molar-refractivity contribution in [2.45, 2.75) is 44.2 Å². The minimum Gasteiger partial charge on any atom is -0.377 e. The topological polar surface area (TPSA) is 147 Å². The number of benzene rings is 2. The van der Waals surface area contributed by atoms with Crippen LogP contribution in [0.3, 0.4) is 0 Å². The van der Waals surface area contributed by atoms with Crippen LogP contribution >= 0.6 is 0 Å². The van der Waals surface area contributed by atoms with Crippen LogP contribution in [0.5, 0.6) is 0 Å². The van der Waals surface area contributed by atoms with Crippen LogP contribution in [-0.4, -0.2) is 60.5 Å². The van der Waals surface area contributed by atoms with E-state index < -0.39 is 50.0 Å². The lowest BCUT2D eigenvalue weighted by Gasteiger charge is -2.20. The number of aromatic nitrogens is 4. The van der Waals surface area contributed by atoms with Gasteiger partial charge in [0, 0.05) is 62.3 Å². The number of alkyl halides is 6. The Morgan fingerprint density at radius 3 is 1.53 bits per heavy atom. The fraction of sp³-hybridized carbons (Fsp3) is 0.231. The van der Waals surface area contributed by atoms with Crippen molar-refractivity contribution in [2.75, 3.05) is 25.3 Å². The molecule has 2 aromatic carbocycles. The van der Waals surface area contributed by atoms with Crippen molar-refractivity contribution in [2.24, 2.45) is 0 Å². The number of carbonyl (C=O) groups is 2. The zero-order chi connectivity index (χ0) is 41.9. The van der Waals surface area contributed by atoms with Gasteiger partial charge < -0.3 is 15.5 Å². The number of amides is 2. The monoisotopic (exact) mass is 811 g/mol. The van der Waals surface area contributed by atoms with Gasteiger partial charge >= 0.3 is 12.4 Å². The van der Waals surface area contributed by atoms with Gasteiger partial charge in [-0.05, 0) is 85.6 Å². The van der Waals surface area contributed by atoms with Gasteiger partial charge in [0.15, 0.2) is 21.1 Å². The average Bonchev–Trinajstić information content (AvgIpc) is 3.14. The van der Waals surface area contributed by atoms with E-state index >= 15 is 0 Å². The van der Waals surface area contributed by atoms with Gasteiger partial charge in [0.25, 0.3) is 11.8 Å². The number of hydrogen-bond donors (Lipinski definition) is 2. The predicted molar refractivity (Wildman–Crippen MR) is 201 cm³/mol. The smallest absolute Gasteiger partial charge is 0.377 e. The third kappa shape index (κ3) is 10.2. The van der Waals surface area contributed by atoms with Crippen molar-refractivity contribution < 1.29 is 44.3 Å². The summed E-state index contributed by atoms with van der Waals surface area (Å²) in [5.74, 6) is -0.914. The summed E-state index contributed by atoms with van der Waals surface area (Å²) in [5, 5.41) is 6.58. The van der Waals surface area contributed by atoms with Crippen LogP contribution in [-0.2, 0) is 35.3 Å². The first-order valence-corrected chi connectivity index (χ1v) is 18.8. The van der Waals surface area contributed by atoms with Gasteiger partial charge in [-0.1, -0.05) is 12.1 Å². The molecule has 2 N–H and O–H groups in total. The Morgan fingerprint density at radius 2 is 1.11 bits per heavy atom. The molecule has 6 aromatic rings. The zero-order valence-corrected chi connectivity index (χ0v) is 31.9. The number of nitrogens with zero attached hydrogens (tertiary/aromatic N) is 5. The van der Waals surface area contributed by atoms with E-state index in [1.165, 1.54) is 17.0 Å². The molecule has 0 bridgehead atoms. The molecule has 0 aliphatic carbocycles. The molecule has 18 heteroatoms. The first-order valence-electron chi connectivity index (χ1n) is 16.9. The standard InChI is InChI=1S/C20H19F3N4O.C19H16F3N3O3S/c1-12-15(10-14-5-4-8-24-18(14)26-12)19(28)25-11-13-6-7-17(27(2)3)16(9-13)20(21,22)23;1-11-14(9-13-4-3-7-23-17(13)25-11)18(26)24-10-12-5-6-16(29(2,27)28)15(8-12)19(20,21)22/h4-10H,11H2,1-3H3,(H,25,28);3-9H,10H2,1-2H3,(H,24,26). The van der Waals surface area contributed by atoms with E-state index in [4.69, 9.17) is 0 Å². The molecular weight excluding hydrogens is 777 g/mol. The molecule has 11 nitrogen and oxygen atoms in total. The van der Waals surface area contributed by atoms with Gasteiger partial charge in [-0.25, -0.2) is 28.4 Å². The number of fused-ring (bicyclic) bond motifs is 2. The summed E-state index contributed by atoms with van der Waals surface area (Å²) in [5.41, 5.74) is 1.13. The lowest BCUT2D eigenvalue weighted by Crippen LogP contribution is -2.24. The third-order valence-electron chi connectivity index (χ3n) is 8.55. The van der Waals surface area contributed by atoms with Gasteiger partial charge in [-0.3, -0.25) is 9.59 Å². The Hall–Kier alpha value is -6.17. The van der Waals surface area contributed by atoms with Crippen molar-refractivity contribution in [1.29, 1.82) is 0 Å². The van der Waals surface area contributed by atoms with Crippen LogP contribution in [0.4, 0.5) is 32.0 Å². The molecule has 57 heavy (non-hydrogen) atoms. The van der Waals surface area contributed by atoms with E-state index in [9.17, 15) is 44.3 Å². The van der Waals surface area contributed by atoms with Crippen molar-refractivity contribution >= 4 is 49.4 Å². The van der Waals surface area contributed by atoms with Crippen LogP contribution in [0.2, 0.25) is 0 Å². The Balaban J connectivity index is 0.000000218. The summed E-state index contributed by atoms with van der Waals surface area (Å²) in [4.78, 5) is 42.4. The highest BCUT2D eigenvalue weighted by Crippen LogP contribution is 2.37. The number of hydrogen-bond acceptors (Lipinski definition) is 9. The second-order valence-corrected chi connectivity index (χ2v) is 15.0. The normalized spacial score (nSPS) is 11.8. The number of carbonyl (C=O) groups excluding carboxylic acids is 2. The number of nitrogens with one attached hydrogen (secondary N) is 2. The molecule has 0 fully saturated rings. The molecule has 0 radical (unpaired) electrons. The SMILES string of the molecule is Cc1nc2ncccc2cc1C(=O)NCc1ccc(N(C)C)c(C(F)(F)F)c1.Cc1nc2ncccc2cc1C(=O)NCc1ccc(S(C)(=O)=O)c(C(F)(F)F)c1. The second kappa shape index (κ2) is 16.5. The molecule has 6 rings (SSSR count). The highest BCUT2D eigenvalue weighted by atomic mass is 32.2. The number of aryl methyl sites for hydroxylation is 2. The number of pyridine rings is 4. The third-order valence-corrected chi connectivity index (χ3v) is 9.71. The lowest BCUT2D eigenvalue weighted by molar-refractivity contribution is -0.140. The number of halogens is 6. The Morgan fingerprint density at radius 1 is 0.667 bits per heavy atom. The molecule has 0 spiro atoms. The van der Waals surface area contributed by atoms with Gasteiger partial charge in [-0.2, -0.15) is 26.3 Å². The van der Waals surface area contributed by atoms with Crippen molar-refractivity contribution in [3.63, 3.8) is 0 Å². The first-order chi connectivity index (χ1) is 26.6. The number of anilines is 1. The van der Waals surface area contributed by atoms with Crippen LogP contribution in [0.25, 0.3) is 22.1 Å². The molecule has 4 heterocycles. The maximum Gasteiger partial charge on any atom is 0.418 e. The highest BCUT2D eigenvalue weighted by Gasteiger charge is 2.36. The van der Waals surface area contributed by atoms with Crippen LogP contribution in [0.1, 0.15) is 54.4 Å². The molecule has 0 aliphatic heterocycles. The summed E-state index contributed by atoms with van der Waals surface area (Å²) >= 11 is 0. The highest BCUT2D eigenvalue weighted by molar-refractivity contribution is 7.90. The van der Waals surface area contributed by atoms with E-state index in [2.05, 4.69) is 30.6 Å². The van der Waals surface area contributed by atoms with E-state index in [0.717, 1.165) is 18.2 Å². The number of sulfone groups is 1. The van der Waals surface area contributed by atoms with E-state index in [0.29, 0.717) is 50.8 Å². The second-order valence-electron chi connectivity index (χ2n) is 13.1. The first kappa shape index (κ1) is 42.0. The maximum atomic E-state index is 13.3. The van der Waals surface area contributed by atoms with Gasteiger partial charge in [0.2, 0.25) is 0 Å². The van der Waals surface area contributed by atoms with E-state index in [1.54, 1.807) is 82.8 Å². The Bertz CT molecular complexity index is 2600. The quantitative estimate of drug-likeness (QED) is 0.152. The molecule has 0 aliphatic rings. The molecule has 4 aromatic heterocycles.